The highest BCUT2D eigenvalue weighted by Gasteiger charge is 2.36. The number of hydrogen-bond acceptors (Lipinski definition) is 4. The van der Waals surface area contributed by atoms with Crippen LogP contribution in [0, 0.1) is 12.8 Å². The second-order valence-corrected chi connectivity index (χ2v) is 9.51. The molecular weight excluding hydrogens is 388 g/mol. The molecule has 1 atom stereocenters. The summed E-state index contributed by atoms with van der Waals surface area (Å²) in [4.78, 5) is 15.6. The highest BCUT2D eigenvalue weighted by atomic mass is 16.5. The summed E-state index contributed by atoms with van der Waals surface area (Å²) in [5, 5.41) is 3.33. The normalized spacial score (nSPS) is 21.1. The molecule has 1 amide bonds. The van der Waals surface area contributed by atoms with Gasteiger partial charge in [0.25, 0.3) is 0 Å². The van der Waals surface area contributed by atoms with E-state index in [1.54, 1.807) is 7.11 Å². The number of nitrogens with zero attached hydrogens (tertiary/aromatic N) is 1. The fourth-order valence-electron chi connectivity index (χ4n) is 4.76. The molecule has 0 bridgehead atoms. The molecule has 2 heterocycles. The minimum Gasteiger partial charge on any atom is -0.497 e. The molecule has 5 heteroatoms. The van der Waals surface area contributed by atoms with Crippen LogP contribution in [-0.2, 0) is 11.3 Å². The first-order valence-electron chi connectivity index (χ1n) is 11.3. The van der Waals surface area contributed by atoms with Gasteiger partial charge in [0.1, 0.15) is 17.1 Å². The number of carbonyl (C=O) groups is 1. The number of methoxy groups -OCH3 is 1. The molecule has 2 aliphatic heterocycles. The molecule has 166 valence electrons. The molecule has 1 fully saturated rings. The van der Waals surface area contributed by atoms with E-state index < -0.39 is 0 Å². The van der Waals surface area contributed by atoms with E-state index in [0.29, 0.717) is 0 Å². The number of aryl methyl sites for hydroxylation is 1. The largest absolute Gasteiger partial charge is 0.497 e. The maximum Gasteiger partial charge on any atom is 0.223 e. The summed E-state index contributed by atoms with van der Waals surface area (Å²) >= 11 is 0. The monoisotopic (exact) mass is 422 g/mol. The fraction of sp³-hybridized carbons (Fsp3) is 0.500. The molecule has 2 aromatic carbocycles. The minimum atomic E-state index is -0.323. The zero-order chi connectivity index (χ0) is 22.0. The van der Waals surface area contributed by atoms with E-state index >= 15 is 0 Å². The zero-order valence-electron chi connectivity index (χ0n) is 19.1. The third-order valence-corrected chi connectivity index (χ3v) is 6.60. The lowest BCUT2D eigenvalue weighted by Crippen LogP contribution is -2.45. The third kappa shape index (κ3) is 5.04. The maximum absolute atomic E-state index is 13.2. The van der Waals surface area contributed by atoms with Gasteiger partial charge in [0.05, 0.1) is 13.2 Å². The number of rotatable bonds is 5. The smallest absolute Gasteiger partial charge is 0.223 e. The van der Waals surface area contributed by atoms with Gasteiger partial charge in [-0.15, -0.1) is 0 Å². The van der Waals surface area contributed by atoms with Crippen LogP contribution in [0.5, 0.6) is 11.5 Å². The van der Waals surface area contributed by atoms with Crippen LogP contribution in [0.3, 0.4) is 0 Å². The highest BCUT2D eigenvalue weighted by Crippen LogP contribution is 2.41. The summed E-state index contributed by atoms with van der Waals surface area (Å²) in [7, 11) is 1.66. The van der Waals surface area contributed by atoms with Crippen LogP contribution in [0.15, 0.2) is 42.5 Å². The predicted molar refractivity (Wildman–Crippen MR) is 122 cm³/mol. The summed E-state index contributed by atoms with van der Waals surface area (Å²) < 4.78 is 11.5. The van der Waals surface area contributed by atoms with Crippen LogP contribution in [0.1, 0.15) is 55.8 Å². The van der Waals surface area contributed by atoms with Gasteiger partial charge in [0.15, 0.2) is 0 Å². The number of nitrogens with one attached hydrogen (secondary N) is 1. The Bertz CT molecular complexity index is 932. The number of carbonyl (C=O) groups excluding carboxylic acids is 1. The summed E-state index contributed by atoms with van der Waals surface area (Å²) in [5.41, 5.74) is 3.39. The van der Waals surface area contributed by atoms with Crippen LogP contribution in [-0.4, -0.2) is 36.6 Å². The lowest BCUT2D eigenvalue weighted by Gasteiger charge is -2.39. The lowest BCUT2D eigenvalue weighted by atomic mass is 9.88. The Hall–Kier alpha value is -2.53. The van der Waals surface area contributed by atoms with Gasteiger partial charge in [-0.2, -0.15) is 0 Å². The van der Waals surface area contributed by atoms with Crippen LogP contribution in [0.4, 0.5) is 0 Å². The van der Waals surface area contributed by atoms with E-state index in [1.165, 1.54) is 11.1 Å². The number of ether oxygens (including phenoxy) is 2. The zero-order valence-corrected chi connectivity index (χ0v) is 19.1. The highest BCUT2D eigenvalue weighted by molar-refractivity contribution is 5.79. The Labute approximate surface area is 185 Å². The SMILES string of the molecule is COc1ccc2c(c1)[C@H](NC(=O)C1CCN(Cc3ccccc3C)CC1)CC(C)(C)O2. The average molecular weight is 423 g/mol. The first-order chi connectivity index (χ1) is 14.8. The van der Waals surface area contributed by atoms with Gasteiger partial charge in [-0.1, -0.05) is 24.3 Å². The Morgan fingerprint density at radius 3 is 2.65 bits per heavy atom. The Morgan fingerprint density at radius 1 is 1.19 bits per heavy atom. The number of fused-ring (bicyclic) bond motifs is 1. The second kappa shape index (κ2) is 8.91. The molecule has 1 saturated heterocycles. The van der Waals surface area contributed by atoms with Crippen molar-refractivity contribution in [3.63, 3.8) is 0 Å². The summed E-state index contributed by atoms with van der Waals surface area (Å²) in [5.74, 6) is 1.83. The van der Waals surface area contributed by atoms with E-state index in [0.717, 1.165) is 56.0 Å². The first kappa shape index (κ1) is 21.7. The van der Waals surface area contributed by atoms with Crippen LogP contribution < -0.4 is 14.8 Å². The van der Waals surface area contributed by atoms with Crippen molar-refractivity contribution in [2.24, 2.45) is 5.92 Å². The topological polar surface area (TPSA) is 50.8 Å². The number of amides is 1. The van der Waals surface area contributed by atoms with Gasteiger partial charge in [0, 0.05) is 24.4 Å². The van der Waals surface area contributed by atoms with E-state index in [-0.39, 0.29) is 23.5 Å². The van der Waals surface area contributed by atoms with Crippen molar-refractivity contribution in [2.45, 2.75) is 58.2 Å². The molecule has 0 aromatic heterocycles. The van der Waals surface area contributed by atoms with Crippen molar-refractivity contribution in [1.29, 1.82) is 0 Å². The summed E-state index contributed by atoms with van der Waals surface area (Å²) in [6.45, 7) is 9.18. The second-order valence-electron chi connectivity index (χ2n) is 9.51. The fourth-order valence-corrected chi connectivity index (χ4v) is 4.76. The molecule has 0 aliphatic carbocycles. The Kier molecular flexibility index (Phi) is 6.24. The predicted octanol–water partition coefficient (Wildman–Crippen LogP) is 4.63. The third-order valence-electron chi connectivity index (χ3n) is 6.60. The molecule has 2 aliphatic rings. The minimum absolute atomic E-state index is 0.0631. The van der Waals surface area contributed by atoms with E-state index in [4.69, 9.17) is 9.47 Å². The van der Waals surface area contributed by atoms with Crippen molar-refractivity contribution < 1.29 is 14.3 Å². The number of benzene rings is 2. The molecular formula is C26H34N2O3. The van der Waals surface area contributed by atoms with Crippen LogP contribution in [0.2, 0.25) is 0 Å². The average Bonchev–Trinajstić information content (AvgIpc) is 2.75. The van der Waals surface area contributed by atoms with Crippen LogP contribution in [0.25, 0.3) is 0 Å². The van der Waals surface area contributed by atoms with Gasteiger partial charge in [-0.3, -0.25) is 9.69 Å². The molecule has 2 aromatic rings. The molecule has 31 heavy (non-hydrogen) atoms. The van der Waals surface area contributed by atoms with Crippen molar-refractivity contribution in [3.8, 4) is 11.5 Å². The molecule has 1 N–H and O–H groups in total. The number of hydrogen-bond donors (Lipinski definition) is 1. The van der Waals surface area contributed by atoms with Crippen molar-refractivity contribution >= 4 is 5.91 Å². The van der Waals surface area contributed by atoms with Gasteiger partial charge in [-0.05, 0) is 76.0 Å². The number of likely N-dealkylation sites (tertiary alicyclic amines) is 1. The van der Waals surface area contributed by atoms with Crippen molar-refractivity contribution in [1.82, 2.24) is 10.2 Å². The number of piperidine rings is 1. The lowest BCUT2D eigenvalue weighted by molar-refractivity contribution is -0.127. The van der Waals surface area contributed by atoms with Gasteiger partial charge in [-0.25, -0.2) is 0 Å². The standard InChI is InChI=1S/C26H34N2O3/c1-18-7-5-6-8-20(18)17-28-13-11-19(12-14-28)25(29)27-23-16-26(2,3)31-24-10-9-21(30-4)15-22(23)24/h5-10,15,19,23H,11-14,16-17H2,1-4H3,(H,27,29)/t23-/m1/s1. The molecule has 0 saturated carbocycles. The van der Waals surface area contributed by atoms with Crippen molar-refractivity contribution in [3.05, 3.63) is 59.2 Å². The quantitative estimate of drug-likeness (QED) is 0.763. The molecule has 0 unspecified atom stereocenters. The van der Waals surface area contributed by atoms with Gasteiger partial charge >= 0.3 is 0 Å². The first-order valence-corrected chi connectivity index (χ1v) is 11.3. The summed E-state index contributed by atoms with van der Waals surface area (Å²) in [6.07, 6.45) is 2.54. The van der Waals surface area contributed by atoms with Gasteiger partial charge < -0.3 is 14.8 Å². The molecule has 0 spiro atoms. The van der Waals surface area contributed by atoms with E-state index in [9.17, 15) is 4.79 Å². The van der Waals surface area contributed by atoms with Crippen LogP contribution >= 0.6 is 0 Å². The Morgan fingerprint density at radius 2 is 1.94 bits per heavy atom. The van der Waals surface area contributed by atoms with Gasteiger partial charge in [0.2, 0.25) is 5.91 Å². The maximum atomic E-state index is 13.2. The molecule has 4 rings (SSSR count). The summed E-state index contributed by atoms with van der Waals surface area (Å²) in [6, 6.07) is 14.3. The van der Waals surface area contributed by atoms with E-state index in [2.05, 4.69) is 55.3 Å². The molecule has 0 radical (unpaired) electrons. The Balaban J connectivity index is 1.38. The van der Waals surface area contributed by atoms with E-state index in [1.807, 2.05) is 18.2 Å². The van der Waals surface area contributed by atoms with Crippen molar-refractivity contribution in [2.75, 3.05) is 20.2 Å². The molecule has 5 nitrogen and oxygen atoms in total.